The van der Waals surface area contributed by atoms with Crippen molar-refractivity contribution in [2.45, 2.75) is 31.4 Å². The second-order valence-electron chi connectivity index (χ2n) is 10.1. The minimum Gasteiger partial charge on any atom is -0.489 e. The number of rotatable bonds is 4. The summed E-state index contributed by atoms with van der Waals surface area (Å²) in [5.74, 6) is 5.63. The van der Waals surface area contributed by atoms with Crippen LogP contribution in [0.15, 0.2) is 60.8 Å². The molecule has 0 radical (unpaired) electrons. The number of pyridine rings is 1. The van der Waals surface area contributed by atoms with Crippen molar-refractivity contribution in [2.24, 2.45) is 0 Å². The Bertz CT molecular complexity index is 1570. The van der Waals surface area contributed by atoms with Gasteiger partial charge in [-0.25, -0.2) is 4.39 Å². The number of likely N-dealkylation sites (N-methyl/N-ethyl adjacent to an activating group) is 1. The fourth-order valence-electron chi connectivity index (χ4n) is 4.65. The fraction of sp³-hybridized carbons (Fsp3) is 0.290. The normalized spacial score (nSPS) is 17.6. The van der Waals surface area contributed by atoms with Gasteiger partial charge in [0.2, 0.25) is 5.91 Å². The van der Waals surface area contributed by atoms with Crippen molar-refractivity contribution in [1.82, 2.24) is 15.2 Å². The summed E-state index contributed by atoms with van der Waals surface area (Å²) in [4.78, 5) is 45.0. The first-order chi connectivity index (χ1) is 20.1. The lowest BCUT2D eigenvalue weighted by molar-refractivity contribution is -0.131. The van der Waals surface area contributed by atoms with Gasteiger partial charge in [-0.15, -0.1) is 0 Å². The number of nitrogens with zero attached hydrogens (tertiary/aromatic N) is 3. The number of benzene rings is 2. The van der Waals surface area contributed by atoms with Crippen molar-refractivity contribution in [1.29, 1.82) is 0 Å². The zero-order valence-corrected chi connectivity index (χ0v) is 23.1. The van der Waals surface area contributed by atoms with Gasteiger partial charge in [0, 0.05) is 57.7 Å². The molecule has 2 aromatic carbocycles. The van der Waals surface area contributed by atoms with Gasteiger partial charge in [-0.1, -0.05) is 11.8 Å². The van der Waals surface area contributed by atoms with E-state index in [1.807, 2.05) is 0 Å². The van der Waals surface area contributed by atoms with Gasteiger partial charge in [-0.3, -0.25) is 19.4 Å². The maximum absolute atomic E-state index is 13.3. The number of amides is 3. The third-order valence-corrected chi connectivity index (χ3v) is 7.15. The summed E-state index contributed by atoms with van der Waals surface area (Å²) in [7, 11) is 1.58. The molecule has 5 rings (SSSR count). The van der Waals surface area contributed by atoms with Crippen molar-refractivity contribution in [3.63, 3.8) is 0 Å². The molecule has 0 unspecified atom stereocenters. The maximum atomic E-state index is 13.3. The SMILES string of the molecule is CC(=O)N1CCC(O)(C#Cc2ccc3c(c2)N(C)C(=O)[C@@H](NC(=O)c2cc(Oc4ccc(F)cc4)ccn2)CO3)CC1. The molecule has 2 aliphatic rings. The predicted molar refractivity (Wildman–Crippen MR) is 151 cm³/mol. The zero-order chi connectivity index (χ0) is 29.9. The molecule has 2 aliphatic heterocycles. The van der Waals surface area contributed by atoms with Crippen LogP contribution in [0.1, 0.15) is 35.8 Å². The van der Waals surface area contributed by atoms with Crippen LogP contribution < -0.4 is 19.7 Å². The van der Waals surface area contributed by atoms with E-state index >= 15 is 0 Å². The average Bonchev–Trinajstić information content (AvgIpc) is 3.09. The number of likely N-dealkylation sites (tertiary alicyclic amines) is 1. The summed E-state index contributed by atoms with van der Waals surface area (Å²) in [6, 6.07) is 12.5. The Hall–Kier alpha value is -4.95. The van der Waals surface area contributed by atoms with Crippen LogP contribution in [-0.2, 0) is 9.59 Å². The van der Waals surface area contributed by atoms with Crippen LogP contribution in [0.3, 0.4) is 0 Å². The minimum atomic E-state index is -1.21. The van der Waals surface area contributed by atoms with Crippen LogP contribution in [0, 0.1) is 17.7 Å². The summed E-state index contributed by atoms with van der Waals surface area (Å²) in [6.07, 6.45) is 2.10. The molecule has 1 atom stereocenters. The molecular formula is C31H29FN4O6. The van der Waals surface area contributed by atoms with E-state index < -0.39 is 29.3 Å². The van der Waals surface area contributed by atoms with E-state index in [1.54, 1.807) is 36.2 Å². The highest BCUT2D eigenvalue weighted by Crippen LogP contribution is 2.32. The Labute approximate surface area is 242 Å². The van der Waals surface area contributed by atoms with Crippen molar-refractivity contribution < 1.29 is 33.4 Å². The van der Waals surface area contributed by atoms with Gasteiger partial charge in [0.05, 0.1) is 5.69 Å². The molecule has 216 valence electrons. The fourth-order valence-corrected chi connectivity index (χ4v) is 4.65. The first kappa shape index (κ1) is 28.6. The Balaban J connectivity index is 1.25. The lowest BCUT2D eigenvalue weighted by atomic mass is 9.91. The van der Waals surface area contributed by atoms with Gasteiger partial charge < -0.3 is 29.7 Å². The molecule has 42 heavy (non-hydrogen) atoms. The monoisotopic (exact) mass is 572 g/mol. The van der Waals surface area contributed by atoms with Crippen LogP contribution in [0.2, 0.25) is 0 Å². The third-order valence-electron chi connectivity index (χ3n) is 7.15. The number of anilines is 1. The van der Waals surface area contributed by atoms with Crippen molar-refractivity contribution in [3.8, 4) is 29.1 Å². The van der Waals surface area contributed by atoms with E-state index in [-0.39, 0.29) is 18.2 Å². The predicted octanol–water partition coefficient (Wildman–Crippen LogP) is 2.89. The first-order valence-electron chi connectivity index (χ1n) is 13.4. The van der Waals surface area contributed by atoms with E-state index in [9.17, 15) is 23.9 Å². The van der Waals surface area contributed by atoms with Gasteiger partial charge in [-0.2, -0.15) is 0 Å². The third kappa shape index (κ3) is 6.50. The Morgan fingerprint density at radius 3 is 2.57 bits per heavy atom. The van der Waals surface area contributed by atoms with E-state index in [0.717, 1.165) is 0 Å². The number of fused-ring (bicyclic) bond motifs is 1. The quantitative estimate of drug-likeness (QED) is 0.461. The molecular weight excluding hydrogens is 543 g/mol. The topological polar surface area (TPSA) is 121 Å². The van der Waals surface area contributed by atoms with Crippen LogP contribution in [0.25, 0.3) is 0 Å². The number of aromatic nitrogens is 1. The summed E-state index contributed by atoms with van der Waals surface area (Å²) in [5, 5.41) is 13.5. The summed E-state index contributed by atoms with van der Waals surface area (Å²) in [6.45, 7) is 2.27. The Morgan fingerprint density at radius 1 is 1.12 bits per heavy atom. The smallest absolute Gasteiger partial charge is 0.270 e. The number of hydrogen-bond donors (Lipinski definition) is 2. The second kappa shape index (κ2) is 11.9. The lowest BCUT2D eigenvalue weighted by Crippen LogP contribution is -2.49. The molecule has 3 aromatic rings. The van der Waals surface area contributed by atoms with Crippen molar-refractivity contribution in [2.75, 3.05) is 31.6 Å². The highest BCUT2D eigenvalue weighted by molar-refractivity contribution is 6.03. The molecule has 2 N–H and O–H groups in total. The molecule has 0 aliphatic carbocycles. The van der Waals surface area contributed by atoms with Gasteiger partial charge in [-0.05, 0) is 48.5 Å². The molecule has 1 fully saturated rings. The number of ether oxygens (including phenoxy) is 2. The molecule has 1 saturated heterocycles. The zero-order valence-electron chi connectivity index (χ0n) is 23.1. The van der Waals surface area contributed by atoms with Crippen LogP contribution in [0.5, 0.6) is 17.2 Å². The van der Waals surface area contributed by atoms with E-state index in [4.69, 9.17) is 9.47 Å². The van der Waals surface area contributed by atoms with E-state index in [2.05, 4.69) is 22.1 Å². The highest BCUT2D eigenvalue weighted by Gasteiger charge is 2.33. The summed E-state index contributed by atoms with van der Waals surface area (Å²) in [5.41, 5.74) is -0.142. The van der Waals surface area contributed by atoms with Gasteiger partial charge >= 0.3 is 0 Å². The molecule has 1 aromatic heterocycles. The van der Waals surface area contributed by atoms with Crippen LogP contribution in [0.4, 0.5) is 10.1 Å². The number of carbonyl (C=O) groups excluding carboxylic acids is 3. The number of hydrogen-bond acceptors (Lipinski definition) is 7. The molecule has 3 amide bonds. The summed E-state index contributed by atoms with van der Waals surface area (Å²) >= 11 is 0. The molecule has 10 nitrogen and oxygen atoms in total. The van der Waals surface area contributed by atoms with E-state index in [0.29, 0.717) is 54.4 Å². The molecule has 11 heteroatoms. The van der Waals surface area contributed by atoms with Crippen molar-refractivity contribution in [3.05, 3.63) is 77.9 Å². The number of aliphatic hydroxyl groups is 1. The number of piperidine rings is 1. The maximum Gasteiger partial charge on any atom is 0.270 e. The van der Waals surface area contributed by atoms with Gasteiger partial charge in [0.1, 0.15) is 47.0 Å². The first-order valence-corrected chi connectivity index (χ1v) is 13.4. The Kier molecular flexibility index (Phi) is 8.08. The highest BCUT2D eigenvalue weighted by atomic mass is 19.1. The standard InChI is InChI=1S/C31H29FN4O6/c1-20(37)36-15-12-31(40,13-16-36)11-9-21-3-8-28-27(17-21)35(2)30(39)26(19-41-28)34-29(38)25-18-24(10-14-33-25)42-23-6-4-22(32)5-7-23/h3-8,10,14,17-18,26,40H,12-13,15-16,19H2,1-2H3,(H,34,38)/t26-/m0/s1. The molecule has 3 heterocycles. The molecule has 0 spiro atoms. The number of halogens is 1. The van der Waals surface area contributed by atoms with Crippen LogP contribution >= 0.6 is 0 Å². The second-order valence-corrected chi connectivity index (χ2v) is 10.1. The number of nitrogens with one attached hydrogen (secondary N) is 1. The molecule has 0 saturated carbocycles. The summed E-state index contributed by atoms with van der Waals surface area (Å²) < 4.78 is 24.7. The van der Waals surface area contributed by atoms with Crippen LogP contribution in [-0.4, -0.2) is 71.1 Å². The van der Waals surface area contributed by atoms with Gasteiger partial charge in [0.25, 0.3) is 11.8 Å². The Morgan fingerprint density at radius 2 is 1.86 bits per heavy atom. The molecule has 0 bridgehead atoms. The van der Waals surface area contributed by atoms with Gasteiger partial charge in [0.15, 0.2) is 0 Å². The van der Waals surface area contributed by atoms with E-state index in [1.165, 1.54) is 48.4 Å². The minimum absolute atomic E-state index is 0.0245. The van der Waals surface area contributed by atoms with Crippen molar-refractivity contribution >= 4 is 23.4 Å². The lowest BCUT2D eigenvalue weighted by Gasteiger charge is -2.34. The number of carbonyl (C=O) groups is 3. The largest absolute Gasteiger partial charge is 0.489 e. The average molecular weight is 573 g/mol.